The summed E-state index contributed by atoms with van der Waals surface area (Å²) < 4.78 is 13.4. The van der Waals surface area contributed by atoms with E-state index >= 15 is 0 Å². The zero-order valence-electron chi connectivity index (χ0n) is 14.4. The first-order chi connectivity index (χ1) is 11.5. The Morgan fingerprint density at radius 1 is 1.32 bits per heavy atom. The van der Waals surface area contributed by atoms with Crippen molar-refractivity contribution in [2.24, 2.45) is 0 Å². The lowest BCUT2D eigenvalue weighted by Crippen LogP contribution is -2.44. The highest BCUT2D eigenvalue weighted by atomic mass is 35.5. The number of benzene rings is 2. The number of nitrogens with one attached hydrogen (secondary N) is 1. The quantitative estimate of drug-likeness (QED) is 0.812. The van der Waals surface area contributed by atoms with E-state index in [0.29, 0.717) is 5.69 Å². The van der Waals surface area contributed by atoms with Gasteiger partial charge in [-0.3, -0.25) is 4.79 Å². The van der Waals surface area contributed by atoms with E-state index in [9.17, 15) is 9.18 Å². The van der Waals surface area contributed by atoms with Crippen LogP contribution in [0.2, 0.25) is 0 Å². The van der Waals surface area contributed by atoms with E-state index in [1.54, 1.807) is 6.07 Å². The minimum atomic E-state index is -0.367. The van der Waals surface area contributed by atoms with E-state index in [0.717, 1.165) is 41.9 Å². The molecule has 0 aromatic heterocycles. The molecule has 0 saturated heterocycles. The maximum absolute atomic E-state index is 13.4. The minimum Gasteiger partial charge on any atom is -0.398 e. The number of amides is 1. The summed E-state index contributed by atoms with van der Waals surface area (Å²) in [7, 11) is 0. The lowest BCUT2D eigenvalue weighted by molar-refractivity contribution is -0.117. The molecule has 6 heteroatoms. The Bertz CT molecular complexity index is 781. The summed E-state index contributed by atoms with van der Waals surface area (Å²) >= 11 is 0. The molecular weight excluding hydrogens is 341 g/mol. The van der Waals surface area contributed by atoms with Crippen molar-refractivity contribution in [3.8, 4) is 0 Å². The van der Waals surface area contributed by atoms with Gasteiger partial charge in [0.25, 0.3) is 0 Å². The van der Waals surface area contributed by atoms with Crippen LogP contribution in [0.5, 0.6) is 0 Å². The van der Waals surface area contributed by atoms with Crippen LogP contribution in [-0.4, -0.2) is 18.5 Å². The van der Waals surface area contributed by atoms with Gasteiger partial charge in [0.2, 0.25) is 5.91 Å². The summed E-state index contributed by atoms with van der Waals surface area (Å²) in [6.07, 6.45) is 1.88. The number of nitrogens with zero attached hydrogens (tertiary/aromatic N) is 1. The van der Waals surface area contributed by atoms with E-state index in [1.807, 2.05) is 32.0 Å². The normalized spacial score (nSPS) is 14.3. The van der Waals surface area contributed by atoms with Crippen LogP contribution in [0.3, 0.4) is 0 Å². The van der Waals surface area contributed by atoms with Crippen LogP contribution in [0, 0.1) is 12.7 Å². The Morgan fingerprint density at radius 3 is 2.84 bits per heavy atom. The third-order valence-electron chi connectivity index (χ3n) is 4.63. The molecule has 3 N–H and O–H groups in total. The highest BCUT2D eigenvalue weighted by Gasteiger charge is 2.27. The number of nitrogens with two attached hydrogens (primary N) is 1. The SMILES string of the molecule is Cc1ccc(F)cc1NC(=O)C(C)N1CCCc2c(N)cccc21.Cl. The van der Waals surface area contributed by atoms with Gasteiger partial charge in [-0.1, -0.05) is 12.1 Å². The topological polar surface area (TPSA) is 58.4 Å². The number of nitrogen functional groups attached to an aromatic ring is 1. The molecule has 0 aliphatic carbocycles. The van der Waals surface area contributed by atoms with Crippen molar-refractivity contribution < 1.29 is 9.18 Å². The third-order valence-corrected chi connectivity index (χ3v) is 4.63. The smallest absolute Gasteiger partial charge is 0.246 e. The van der Waals surface area contributed by atoms with Gasteiger partial charge < -0.3 is 16.0 Å². The molecule has 1 unspecified atom stereocenters. The number of carbonyl (C=O) groups excluding carboxylic acids is 1. The Hall–Kier alpha value is -2.27. The number of anilines is 3. The van der Waals surface area contributed by atoms with Gasteiger partial charge in [-0.2, -0.15) is 0 Å². The van der Waals surface area contributed by atoms with E-state index in [4.69, 9.17) is 5.73 Å². The van der Waals surface area contributed by atoms with Gasteiger partial charge in [-0.25, -0.2) is 4.39 Å². The van der Waals surface area contributed by atoms with E-state index in [1.165, 1.54) is 12.1 Å². The molecule has 3 rings (SSSR count). The van der Waals surface area contributed by atoms with E-state index in [-0.39, 0.29) is 30.2 Å². The fraction of sp³-hybridized carbons (Fsp3) is 0.316. The number of rotatable bonds is 3. The number of carbonyl (C=O) groups is 1. The van der Waals surface area contributed by atoms with Gasteiger partial charge in [0, 0.05) is 23.6 Å². The lowest BCUT2D eigenvalue weighted by atomic mass is 9.98. The predicted octanol–water partition coefficient (Wildman–Crippen LogP) is 3.92. The number of hydrogen-bond acceptors (Lipinski definition) is 3. The molecule has 0 radical (unpaired) electrons. The van der Waals surface area contributed by atoms with Gasteiger partial charge in [0.05, 0.1) is 0 Å². The molecule has 1 aliphatic rings. The second kappa shape index (κ2) is 7.74. The molecule has 0 spiro atoms. The molecule has 25 heavy (non-hydrogen) atoms. The lowest BCUT2D eigenvalue weighted by Gasteiger charge is -2.36. The van der Waals surface area contributed by atoms with Crippen LogP contribution in [-0.2, 0) is 11.2 Å². The fourth-order valence-corrected chi connectivity index (χ4v) is 3.19. The summed E-state index contributed by atoms with van der Waals surface area (Å²) in [5.41, 5.74) is 10.3. The maximum atomic E-state index is 13.4. The minimum absolute atomic E-state index is 0. The van der Waals surface area contributed by atoms with Crippen molar-refractivity contribution in [3.05, 3.63) is 53.3 Å². The van der Waals surface area contributed by atoms with Crippen molar-refractivity contribution in [2.75, 3.05) is 22.5 Å². The van der Waals surface area contributed by atoms with Gasteiger partial charge in [-0.05, 0) is 62.1 Å². The highest BCUT2D eigenvalue weighted by molar-refractivity contribution is 5.97. The molecule has 2 aromatic carbocycles. The van der Waals surface area contributed by atoms with Crippen LogP contribution in [0.15, 0.2) is 36.4 Å². The average molecular weight is 364 g/mol. The summed E-state index contributed by atoms with van der Waals surface area (Å²) in [5.74, 6) is -0.515. The first-order valence-electron chi connectivity index (χ1n) is 8.18. The molecule has 1 heterocycles. The molecule has 2 aromatic rings. The predicted molar refractivity (Wildman–Crippen MR) is 103 cm³/mol. The molecule has 1 atom stereocenters. The number of hydrogen-bond donors (Lipinski definition) is 2. The monoisotopic (exact) mass is 363 g/mol. The average Bonchev–Trinajstić information content (AvgIpc) is 2.57. The van der Waals surface area contributed by atoms with Gasteiger partial charge in [0.1, 0.15) is 11.9 Å². The molecule has 4 nitrogen and oxygen atoms in total. The van der Waals surface area contributed by atoms with Crippen molar-refractivity contribution >= 4 is 35.4 Å². The molecule has 1 aliphatic heterocycles. The van der Waals surface area contributed by atoms with Crippen molar-refractivity contribution in [1.29, 1.82) is 0 Å². The van der Waals surface area contributed by atoms with Crippen LogP contribution < -0.4 is 16.0 Å². The number of aryl methyl sites for hydroxylation is 1. The summed E-state index contributed by atoms with van der Waals surface area (Å²) in [6.45, 7) is 4.51. The third kappa shape index (κ3) is 3.87. The van der Waals surface area contributed by atoms with E-state index in [2.05, 4.69) is 10.2 Å². The second-order valence-electron chi connectivity index (χ2n) is 6.27. The number of fused-ring (bicyclic) bond motifs is 1. The fourth-order valence-electron chi connectivity index (χ4n) is 3.19. The maximum Gasteiger partial charge on any atom is 0.246 e. The van der Waals surface area contributed by atoms with Crippen LogP contribution in [0.25, 0.3) is 0 Å². The van der Waals surface area contributed by atoms with Gasteiger partial charge >= 0.3 is 0 Å². The Labute approximate surface area is 153 Å². The Kier molecular flexibility index (Phi) is 5.90. The molecule has 134 valence electrons. The van der Waals surface area contributed by atoms with Gasteiger partial charge in [0.15, 0.2) is 0 Å². The molecule has 0 bridgehead atoms. The first-order valence-corrected chi connectivity index (χ1v) is 8.18. The molecular formula is C19H23ClFN3O. The van der Waals surface area contributed by atoms with Crippen molar-refractivity contribution in [2.45, 2.75) is 32.7 Å². The largest absolute Gasteiger partial charge is 0.398 e. The standard InChI is InChI=1S/C19H22FN3O.ClH/c1-12-8-9-14(20)11-17(12)22-19(24)13(2)23-10-4-5-15-16(21)6-3-7-18(15)23;/h3,6-9,11,13H,4-5,10,21H2,1-2H3,(H,22,24);1H. The van der Waals surface area contributed by atoms with Crippen LogP contribution >= 0.6 is 12.4 Å². The van der Waals surface area contributed by atoms with Crippen LogP contribution in [0.1, 0.15) is 24.5 Å². The second-order valence-corrected chi connectivity index (χ2v) is 6.27. The summed E-state index contributed by atoms with van der Waals surface area (Å²) in [6, 6.07) is 9.83. The first kappa shape index (κ1) is 19.1. The van der Waals surface area contributed by atoms with E-state index < -0.39 is 0 Å². The number of halogens is 2. The summed E-state index contributed by atoms with van der Waals surface area (Å²) in [5, 5.41) is 2.84. The zero-order valence-corrected chi connectivity index (χ0v) is 15.2. The zero-order chi connectivity index (χ0) is 17.3. The van der Waals surface area contributed by atoms with Crippen molar-refractivity contribution in [1.82, 2.24) is 0 Å². The molecule has 0 saturated carbocycles. The molecule has 0 fully saturated rings. The van der Waals surface area contributed by atoms with Crippen molar-refractivity contribution in [3.63, 3.8) is 0 Å². The highest BCUT2D eigenvalue weighted by Crippen LogP contribution is 2.32. The molecule has 1 amide bonds. The van der Waals surface area contributed by atoms with Crippen LogP contribution in [0.4, 0.5) is 21.5 Å². The summed E-state index contributed by atoms with van der Waals surface area (Å²) in [4.78, 5) is 14.7. The Morgan fingerprint density at radius 2 is 2.08 bits per heavy atom. The Balaban J connectivity index is 0.00000225. The van der Waals surface area contributed by atoms with Gasteiger partial charge in [-0.15, -0.1) is 12.4 Å².